The largest absolute Gasteiger partial charge is 0.482 e. The Kier molecular flexibility index (Phi) is 8.93. The molecule has 2 aromatic carbocycles. The van der Waals surface area contributed by atoms with Crippen LogP contribution in [0.5, 0.6) is 5.75 Å². The van der Waals surface area contributed by atoms with E-state index in [1.165, 1.54) is 17.3 Å². The summed E-state index contributed by atoms with van der Waals surface area (Å²) in [5, 5.41) is 12.5. The van der Waals surface area contributed by atoms with Gasteiger partial charge in [-0.1, -0.05) is 62.0 Å². The summed E-state index contributed by atoms with van der Waals surface area (Å²) in [5.74, 6) is 1.71. The van der Waals surface area contributed by atoms with Crippen LogP contribution in [0.1, 0.15) is 55.0 Å². The van der Waals surface area contributed by atoms with Crippen molar-refractivity contribution in [2.75, 3.05) is 11.1 Å². The Balaban J connectivity index is 1.73. The first-order valence-corrected chi connectivity index (χ1v) is 12.7. The van der Waals surface area contributed by atoms with E-state index in [2.05, 4.69) is 61.1 Å². The number of nitrogens with one attached hydrogen (secondary N) is 1. The number of carbonyl (C=O) groups excluding carboxylic acids is 1. The molecule has 1 amide bonds. The molecule has 0 aliphatic carbocycles. The van der Waals surface area contributed by atoms with E-state index in [0.29, 0.717) is 17.5 Å². The quantitative estimate of drug-likeness (QED) is 0.267. The molecule has 1 heterocycles. The van der Waals surface area contributed by atoms with Crippen LogP contribution >= 0.6 is 11.8 Å². The number of benzene rings is 2. The molecule has 7 heteroatoms. The molecule has 0 saturated heterocycles. The number of thioether (sulfide) groups is 1. The highest BCUT2D eigenvalue weighted by molar-refractivity contribution is 7.99. The molecule has 0 radical (unpaired) electrons. The number of anilines is 1. The fourth-order valence-corrected chi connectivity index (χ4v) is 4.57. The number of hydrogen-bond donors (Lipinski definition) is 1. The van der Waals surface area contributed by atoms with Gasteiger partial charge in [-0.05, 0) is 61.9 Å². The molecule has 0 saturated carbocycles. The van der Waals surface area contributed by atoms with Gasteiger partial charge in [0.15, 0.2) is 17.1 Å². The number of nitrogens with zero attached hydrogens (tertiary/aromatic N) is 3. The van der Waals surface area contributed by atoms with E-state index in [-0.39, 0.29) is 17.8 Å². The normalized spacial score (nSPS) is 11.8. The summed E-state index contributed by atoms with van der Waals surface area (Å²) in [6.45, 7) is 14.7. The van der Waals surface area contributed by atoms with Crippen LogP contribution in [0.15, 0.2) is 54.2 Å². The highest BCUT2D eigenvalue weighted by Crippen LogP contribution is 2.28. The van der Waals surface area contributed by atoms with Crippen molar-refractivity contribution < 1.29 is 9.53 Å². The van der Waals surface area contributed by atoms with Crippen LogP contribution in [0.3, 0.4) is 0 Å². The standard InChI is InChI=1S/C27H34N4O2S/c1-7-16-31-26(20(6)33-23-15-10-12-18(4)19(23)5)29-30-27(31)34-17-24(32)28-25-21(8-2)13-11-14-22(25)9-3/h7,10-15,20H,1,8-9,16-17H2,2-6H3,(H,28,32). The van der Waals surface area contributed by atoms with Gasteiger partial charge in [-0.2, -0.15) is 0 Å². The molecule has 0 fully saturated rings. The van der Waals surface area contributed by atoms with E-state index in [1.807, 2.05) is 36.6 Å². The lowest BCUT2D eigenvalue weighted by Gasteiger charge is -2.18. The van der Waals surface area contributed by atoms with Crippen molar-refractivity contribution in [2.24, 2.45) is 0 Å². The van der Waals surface area contributed by atoms with E-state index in [4.69, 9.17) is 4.74 Å². The molecule has 3 aromatic rings. The Bertz CT molecular complexity index is 1130. The van der Waals surface area contributed by atoms with Crippen molar-refractivity contribution in [2.45, 2.75) is 65.3 Å². The molecule has 1 atom stereocenters. The predicted octanol–water partition coefficient (Wildman–Crippen LogP) is 6.08. The second-order valence-corrected chi connectivity index (χ2v) is 9.14. The van der Waals surface area contributed by atoms with Gasteiger partial charge in [-0.25, -0.2) is 0 Å². The van der Waals surface area contributed by atoms with Gasteiger partial charge in [0.1, 0.15) is 5.75 Å². The zero-order valence-electron chi connectivity index (χ0n) is 20.7. The molecule has 34 heavy (non-hydrogen) atoms. The minimum atomic E-state index is -0.306. The minimum Gasteiger partial charge on any atom is -0.482 e. The fraction of sp³-hybridized carbons (Fsp3) is 0.370. The van der Waals surface area contributed by atoms with Crippen molar-refractivity contribution in [1.29, 1.82) is 0 Å². The molecule has 0 bridgehead atoms. The lowest BCUT2D eigenvalue weighted by atomic mass is 10.0. The maximum absolute atomic E-state index is 12.8. The second-order valence-electron chi connectivity index (χ2n) is 8.19. The van der Waals surface area contributed by atoms with Crippen LogP contribution in [0.4, 0.5) is 5.69 Å². The number of amides is 1. The molecular weight excluding hydrogens is 444 g/mol. The van der Waals surface area contributed by atoms with Crippen LogP contribution < -0.4 is 10.1 Å². The maximum Gasteiger partial charge on any atom is 0.234 e. The number of aromatic nitrogens is 3. The highest BCUT2D eigenvalue weighted by Gasteiger charge is 2.21. The number of carbonyl (C=O) groups is 1. The van der Waals surface area contributed by atoms with Crippen LogP contribution in [-0.2, 0) is 24.2 Å². The third-order valence-electron chi connectivity index (χ3n) is 5.88. The van der Waals surface area contributed by atoms with Gasteiger partial charge in [0.2, 0.25) is 5.91 Å². The summed E-state index contributed by atoms with van der Waals surface area (Å²) in [7, 11) is 0. The van der Waals surface area contributed by atoms with Crippen LogP contribution in [-0.4, -0.2) is 26.4 Å². The van der Waals surface area contributed by atoms with Gasteiger partial charge in [-0.3, -0.25) is 9.36 Å². The lowest BCUT2D eigenvalue weighted by Crippen LogP contribution is -2.17. The van der Waals surface area contributed by atoms with Gasteiger partial charge in [0, 0.05) is 12.2 Å². The molecule has 3 rings (SSSR count). The Hall–Kier alpha value is -3.06. The topological polar surface area (TPSA) is 69.0 Å². The molecule has 0 aliphatic rings. The molecule has 1 N–H and O–H groups in total. The van der Waals surface area contributed by atoms with Crippen LogP contribution in [0.2, 0.25) is 0 Å². The monoisotopic (exact) mass is 478 g/mol. The summed E-state index contributed by atoms with van der Waals surface area (Å²) in [5.41, 5.74) is 5.51. The summed E-state index contributed by atoms with van der Waals surface area (Å²) in [4.78, 5) is 12.8. The van der Waals surface area contributed by atoms with Gasteiger partial charge in [0.05, 0.1) is 5.75 Å². The third kappa shape index (κ3) is 5.89. The summed E-state index contributed by atoms with van der Waals surface area (Å²) < 4.78 is 8.18. The van der Waals surface area contributed by atoms with Crippen LogP contribution in [0.25, 0.3) is 0 Å². The molecule has 1 unspecified atom stereocenters. The van der Waals surface area contributed by atoms with Gasteiger partial charge in [0.25, 0.3) is 0 Å². The highest BCUT2D eigenvalue weighted by atomic mass is 32.2. The Morgan fingerprint density at radius 3 is 2.47 bits per heavy atom. The molecule has 1 aromatic heterocycles. The first-order chi connectivity index (χ1) is 16.4. The van der Waals surface area contributed by atoms with Crippen molar-refractivity contribution in [3.05, 3.63) is 77.1 Å². The Morgan fingerprint density at radius 2 is 1.82 bits per heavy atom. The van der Waals surface area contributed by atoms with Crippen molar-refractivity contribution in [1.82, 2.24) is 14.8 Å². The summed E-state index contributed by atoms with van der Waals surface area (Å²) >= 11 is 1.37. The number of rotatable bonds is 11. The Morgan fingerprint density at radius 1 is 1.15 bits per heavy atom. The molecule has 6 nitrogen and oxygen atoms in total. The minimum absolute atomic E-state index is 0.0602. The second kappa shape index (κ2) is 11.9. The number of para-hydroxylation sites is 1. The van der Waals surface area contributed by atoms with E-state index in [0.717, 1.165) is 41.0 Å². The summed E-state index contributed by atoms with van der Waals surface area (Å²) in [6, 6.07) is 12.2. The first kappa shape index (κ1) is 25.6. The first-order valence-electron chi connectivity index (χ1n) is 11.7. The Labute approximate surface area is 206 Å². The van der Waals surface area contributed by atoms with E-state index < -0.39 is 0 Å². The van der Waals surface area contributed by atoms with Crippen LogP contribution in [0, 0.1) is 13.8 Å². The van der Waals surface area contributed by atoms with Gasteiger partial charge in [-0.15, -0.1) is 16.8 Å². The number of allylic oxidation sites excluding steroid dienone is 1. The summed E-state index contributed by atoms with van der Waals surface area (Å²) in [6.07, 6.45) is 3.23. The molecular formula is C27H34N4O2S. The van der Waals surface area contributed by atoms with E-state index >= 15 is 0 Å². The lowest BCUT2D eigenvalue weighted by molar-refractivity contribution is -0.113. The maximum atomic E-state index is 12.8. The van der Waals surface area contributed by atoms with Crippen molar-refractivity contribution in [3.8, 4) is 5.75 Å². The van der Waals surface area contributed by atoms with Crippen molar-refractivity contribution >= 4 is 23.4 Å². The number of aryl methyl sites for hydroxylation is 3. The molecule has 0 aliphatic heterocycles. The zero-order valence-corrected chi connectivity index (χ0v) is 21.5. The smallest absolute Gasteiger partial charge is 0.234 e. The van der Waals surface area contributed by atoms with E-state index in [9.17, 15) is 4.79 Å². The fourth-order valence-electron chi connectivity index (χ4n) is 3.81. The van der Waals surface area contributed by atoms with Crippen molar-refractivity contribution in [3.63, 3.8) is 0 Å². The van der Waals surface area contributed by atoms with Gasteiger partial charge < -0.3 is 10.1 Å². The van der Waals surface area contributed by atoms with E-state index in [1.54, 1.807) is 6.08 Å². The SMILES string of the molecule is C=CCn1c(SCC(=O)Nc2c(CC)cccc2CC)nnc1C(C)Oc1cccc(C)c1C. The molecule has 180 valence electrons. The average Bonchev–Trinajstić information content (AvgIpc) is 3.23. The zero-order chi connectivity index (χ0) is 24.7. The number of hydrogen-bond acceptors (Lipinski definition) is 5. The van der Waals surface area contributed by atoms with Gasteiger partial charge >= 0.3 is 0 Å². The third-order valence-corrected chi connectivity index (χ3v) is 6.84. The average molecular weight is 479 g/mol. The number of ether oxygens (including phenoxy) is 1. The molecule has 0 spiro atoms. The predicted molar refractivity (Wildman–Crippen MR) is 140 cm³/mol.